The van der Waals surface area contributed by atoms with Crippen molar-refractivity contribution in [2.75, 3.05) is 0 Å². The second kappa shape index (κ2) is 9.43. The van der Waals surface area contributed by atoms with Crippen molar-refractivity contribution >= 4 is 23.6 Å². The van der Waals surface area contributed by atoms with Crippen LogP contribution in [-0.2, 0) is 4.79 Å². The number of amides is 2. The summed E-state index contributed by atoms with van der Waals surface area (Å²) in [5.41, 5.74) is 1.71. The summed E-state index contributed by atoms with van der Waals surface area (Å²) in [7, 11) is 0. The SMILES string of the molecule is CC(c1ccccc1)N(C(=O)/C=C/c1ccccc1)C(=O)c1ccc([N+](=O)[O-])cc1. The summed E-state index contributed by atoms with van der Waals surface area (Å²) in [5, 5.41) is 10.9. The van der Waals surface area contributed by atoms with Crippen molar-refractivity contribution in [2.24, 2.45) is 0 Å². The lowest BCUT2D eigenvalue weighted by molar-refractivity contribution is -0.384. The van der Waals surface area contributed by atoms with Gasteiger partial charge in [0.15, 0.2) is 0 Å². The van der Waals surface area contributed by atoms with Crippen molar-refractivity contribution in [1.82, 2.24) is 4.90 Å². The standard InChI is InChI=1S/C24H20N2O4/c1-18(20-10-6-3-7-11-20)25(23(27)17-12-19-8-4-2-5-9-19)24(28)21-13-15-22(16-14-21)26(29)30/h2-18H,1H3/b17-12+. The van der Waals surface area contributed by atoms with Gasteiger partial charge in [0.2, 0.25) is 0 Å². The van der Waals surface area contributed by atoms with E-state index in [1.54, 1.807) is 13.0 Å². The maximum absolute atomic E-state index is 13.2. The Morgan fingerprint density at radius 2 is 1.47 bits per heavy atom. The first-order valence-corrected chi connectivity index (χ1v) is 9.37. The molecule has 1 atom stereocenters. The van der Waals surface area contributed by atoms with E-state index in [0.29, 0.717) is 0 Å². The number of rotatable bonds is 6. The van der Waals surface area contributed by atoms with Crippen LogP contribution in [0.25, 0.3) is 6.08 Å². The van der Waals surface area contributed by atoms with E-state index in [1.807, 2.05) is 60.7 Å². The molecule has 2 amide bonds. The molecular formula is C24H20N2O4. The number of nitro benzene ring substituents is 1. The van der Waals surface area contributed by atoms with Crippen molar-refractivity contribution in [1.29, 1.82) is 0 Å². The molecule has 3 rings (SSSR count). The summed E-state index contributed by atoms with van der Waals surface area (Å²) in [5.74, 6) is -0.998. The second-order valence-corrected chi connectivity index (χ2v) is 6.65. The monoisotopic (exact) mass is 400 g/mol. The number of imide groups is 1. The van der Waals surface area contributed by atoms with E-state index in [1.165, 1.54) is 30.3 Å². The summed E-state index contributed by atoms with van der Waals surface area (Å²) >= 11 is 0. The molecule has 0 fully saturated rings. The van der Waals surface area contributed by atoms with E-state index in [0.717, 1.165) is 16.0 Å². The summed E-state index contributed by atoms with van der Waals surface area (Å²) in [6, 6.07) is 23.2. The van der Waals surface area contributed by atoms with Gasteiger partial charge in [-0.3, -0.25) is 24.6 Å². The predicted molar refractivity (Wildman–Crippen MR) is 115 cm³/mol. The Labute approximate surface area is 174 Å². The van der Waals surface area contributed by atoms with Gasteiger partial charge in [-0.1, -0.05) is 60.7 Å². The number of hydrogen-bond acceptors (Lipinski definition) is 4. The Balaban J connectivity index is 1.94. The molecule has 6 heteroatoms. The van der Waals surface area contributed by atoms with Crippen LogP contribution in [0, 0.1) is 10.1 Å². The van der Waals surface area contributed by atoms with E-state index in [4.69, 9.17) is 0 Å². The highest BCUT2D eigenvalue weighted by atomic mass is 16.6. The average Bonchev–Trinajstić information content (AvgIpc) is 2.79. The van der Waals surface area contributed by atoms with Gasteiger partial charge < -0.3 is 0 Å². The maximum Gasteiger partial charge on any atom is 0.269 e. The second-order valence-electron chi connectivity index (χ2n) is 6.65. The maximum atomic E-state index is 13.2. The van der Waals surface area contributed by atoms with E-state index < -0.39 is 22.8 Å². The van der Waals surface area contributed by atoms with Gasteiger partial charge >= 0.3 is 0 Å². The Morgan fingerprint density at radius 1 is 0.900 bits per heavy atom. The minimum Gasteiger partial charge on any atom is -0.269 e. The van der Waals surface area contributed by atoms with Crippen molar-refractivity contribution < 1.29 is 14.5 Å². The van der Waals surface area contributed by atoms with Crippen molar-refractivity contribution in [2.45, 2.75) is 13.0 Å². The van der Waals surface area contributed by atoms with Crippen LogP contribution < -0.4 is 0 Å². The molecule has 0 aliphatic carbocycles. The molecule has 3 aromatic carbocycles. The van der Waals surface area contributed by atoms with Crippen LogP contribution >= 0.6 is 0 Å². The highest BCUT2D eigenvalue weighted by Gasteiger charge is 2.28. The zero-order valence-corrected chi connectivity index (χ0v) is 16.3. The first kappa shape index (κ1) is 20.7. The molecule has 0 heterocycles. The minimum absolute atomic E-state index is 0.121. The highest BCUT2D eigenvalue weighted by molar-refractivity contribution is 6.09. The lowest BCUT2D eigenvalue weighted by Gasteiger charge is -2.27. The van der Waals surface area contributed by atoms with E-state index in [-0.39, 0.29) is 11.3 Å². The fraction of sp³-hybridized carbons (Fsp3) is 0.0833. The van der Waals surface area contributed by atoms with Gasteiger partial charge in [-0.25, -0.2) is 0 Å². The van der Waals surface area contributed by atoms with Gasteiger partial charge in [0, 0.05) is 23.8 Å². The van der Waals surface area contributed by atoms with Crippen LogP contribution in [0.3, 0.4) is 0 Å². The van der Waals surface area contributed by atoms with E-state index >= 15 is 0 Å². The normalized spacial score (nSPS) is 11.8. The van der Waals surface area contributed by atoms with Crippen molar-refractivity contribution in [3.63, 3.8) is 0 Å². The molecule has 0 aliphatic heterocycles. The molecule has 6 nitrogen and oxygen atoms in total. The van der Waals surface area contributed by atoms with Gasteiger partial charge in [0.25, 0.3) is 17.5 Å². The van der Waals surface area contributed by atoms with E-state index in [2.05, 4.69) is 0 Å². The van der Waals surface area contributed by atoms with Gasteiger partial charge in [0.05, 0.1) is 11.0 Å². The van der Waals surface area contributed by atoms with Crippen molar-refractivity contribution in [3.05, 3.63) is 118 Å². The smallest absolute Gasteiger partial charge is 0.269 e. The first-order chi connectivity index (χ1) is 14.5. The fourth-order valence-corrected chi connectivity index (χ4v) is 3.02. The zero-order valence-electron chi connectivity index (χ0n) is 16.3. The molecule has 0 saturated heterocycles. The summed E-state index contributed by atoms with van der Waals surface area (Å²) in [6.45, 7) is 1.77. The molecule has 0 spiro atoms. The number of nitro groups is 1. The van der Waals surface area contributed by atoms with Crippen LogP contribution in [-0.4, -0.2) is 21.6 Å². The van der Waals surface area contributed by atoms with Gasteiger partial charge in [-0.05, 0) is 36.3 Å². The molecule has 0 N–H and O–H groups in total. The fourth-order valence-electron chi connectivity index (χ4n) is 3.02. The number of carbonyl (C=O) groups excluding carboxylic acids is 2. The number of non-ortho nitro benzene ring substituents is 1. The Kier molecular flexibility index (Phi) is 6.49. The quantitative estimate of drug-likeness (QED) is 0.330. The molecule has 150 valence electrons. The summed E-state index contributed by atoms with van der Waals surface area (Å²) < 4.78 is 0. The molecule has 0 saturated carbocycles. The van der Waals surface area contributed by atoms with Crippen LogP contribution in [0.4, 0.5) is 5.69 Å². The molecule has 0 radical (unpaired) electrons. The van der Waals surface area contributed by atoms with Crippen LogP contribution in [0.1, 0.15) is 34.5 Å². The Hall–Kier alpha value is -4.06. The zero-order chi connectivity index (χ0) is 21.5. The molecule has 0 aromatic heterocycles. The average molecular weight is 400 g/mol. The highest BCUT2D eigenvalue weighted by Crippen LogP contribution is 2.24. The van der Waals surface area contributed by atoms with Gasteiger partial charge in [-0.2, -0.15) is 0 Å². The third-order valence-corrected chi connectivity index (χ3v) is 4.67. The number of carbonyl (C=O) groups is 2. The molecule has 0 aliphatic rings. The first-order valence-electron chi connectivity index (χ1n) is 9.37. The van der Waals surface area contributed by atoms with E-state index in [9.17, 15) is 19.7 Å². The van der Waals surface area contributed by atoms with Gasteiger partial charge in [0.1, 0.15) is 0 Å². The topological polar surface area (TPSA) is 80.5 Å². The third kappa shape index (κ3) is 4.86. The summed E-state index contributed by atoms with van der Waals surface area (Å²) in [6.07, 6.45) is 3.01. The van der Waals surface area contributed by atoms with Crippen molar-refractivity contribution in [3.8, 4) is 0 Å². The molecule has 30 heavy (non-hydrogen) atoms. The Morgan fingerprint density at radius 3 is 2.03 bits per heavy atom. The number of benzene rings is 3. The molecule has 0 bridgehead atoms. The third-order valence-electron chi connectivity index (χ3n) is 4.67. The molecule has 1 unspecified atom stereocenters. The number of hydrogen-bond donors (Lipinski definition) is 0. The van der Waals surface area contributed by atoms with Crippen LogP contribution in [0.15, 0.2) is 91.0 Å². The molecular weight excluding hydrogens is 380 g/mol. The summed E-state index contributed by atoms with van der Waals surface area (Å²) in [4.78, 5) is 37.7. The lowest BCUT2D eigenvalue weighted by Crippen LogP contribution is -2.38. The lowest BCUT2D eigenvalue weighted by atomic mass is 10.0. The minimum atomic E-state index is -0.535. The van der Waals surface area contributed by atoms with Gasteiger partial charge in [-0.15, -0.1) is 0 Å². The van der Waals surface area contributed by atoms with Crippen LogP contribution in [0.2, 0.25) is 0 Å². The van der Waals surface area contributed by atoms with Crippen LogP contribution in [0.5, 0.6) is 0 Å². The predicted octanol–water partition coefficient (Wildman–Crippen LogP) is 5.04. The largest absolute Gasteiger partial charge is 0.269 e. The molecule has 3 aromatic rings. The number of nitrogens with zero attached hydrogens (tertiary/aromatic N) is 2. The Bertz CT molecular complexity index is 1060.